The monoisotopic (exact) mass is 264 g/mol. The maximum atomic E-state index is 4.55. The van der Waals surface area contributed by atoms with Crippen molar-refractivity contribution < 1.29 is 0 Å². The Morgan fingerprint density at radius 1 is 1.05 bits per heavy atom. The van der Waals surface area contributed by atoms with Crippen LogP contribution in [0.25, 0.3) is 0 Å². The number of anilines is 1. The highest BCUT2D eigenvalue weighted by Crippen LogP contribution is 2.15. The fourth-order valence-electron chi connectivity index (χ4n) is 1.86. The van der Waals surface area contributed by atoms with Crippen LogP contribution in [0.15, 0.2) is 12.4 Å². The van der Waals surface area contributed by atoms with E-state index in [2.05, 4.69) is 61.7 Å². The summed E-state index contributed by atoms with van der Waals surface area (Å²) in [6.45, 7) is 14.9. The van der Waals surface area contributed by atoms with Crippen LogP contribution in [0.1, 0.15) is 47.2 Å². The first-order valence-electron chi connectivity index (χ1n) is 7.21. The van der Waals surface area contributed by atoms with Crippen LogP contribution in [0.3, 0.4) is 0 Å². The minimum Gasteiger partial charge on any atom is -0.353 e. The van der Waals surface area contributed by atoms with Gasteiger partial charge in [0.1, 0.15) is 5.82 Å². The summed E-state index contributed by atoms with van der Waals surface area (Å²) in [6, 6.07) is 0.908. The van der Waals surface area contributed by atoms with Crippen molar-refractivity contribution in [1.29, 1.82) is 0 Å². The van der Waals surface area contributed by atoms with Gasteiger partial charge in [-0.25, -0.2) is 4.98 Å². The normalized spacial score (nSPS) is 11.6. The van der Waals surface area contributed by atoms with Crippen LogP contribution in [0, 0.1) is 5.92 Å². The molecule has 19 heavy (non-hydrogen) atoms. The molecule has 4 nitrogen and oxygen atoms in total. The van der Waals surface area contributed by atoms with Crippen LogP contribution in [0.5, 0.6) is 0 Å². The lowest BCUT2D eigenvalue weighted by atomic mass is 10.2. The van der Waals surface area contributed by atoms with E-state index in [0.29, 0.717) is 18.0 Å². The molecule has 0 fully saturated rings. The summed E-state index contributed by atoms with van der Waals surface area (Å²) in [5, 5.41) is 3.35. The Hall–Kier alpha value is -1.16. The zero-order valence-electron chi connectivity index (χ0n) is 13.1. The maximum absolute atomic E-state index is 4.55. The highest BCUT2D eigenvalue weighted by Gasteiger charge is 2.13. The van der Waals surface area contributed by atoms with Crippen molar-refractivity contribution >= 4 is 5.82 Å². The van der Waals surface area contributed by atoms with Crippen LogP contribution in [0.4, 0.5) is 5.82 Å². The molecule has 0 radical (unpaired) electrons. The zero-order valence-corrected chi connectivity index (χ0v) is 13.1. The summed E-state index contributed by atoms with van der Waals surface area (Å²) in [7, 11) is 0. The van der Waals surface area contributed by atoms with Crippen molar-refractivity contribution in [3.63, 3.8) is 0 Å². The molecule has 0 amide bonds. The van der Waals surface area contributed by atoms with Gasteiger partial charge in [-0.1, -0.05) is 27.7 Å². The lowest BCUT2D eigenvalue weighted by Gasteiger charge is -2.29. The van der Waals surface area contributed by atoms with Crippen molar-refractivity contribution in [2.24, 2.45) is 5.92 Å². The molecule has 0 spiro atoms. The number of nitrogens with zero attached hydrogens (tertiary/aromatic N) is 3. The predicted octanol–water partition coefficient (Wildman–Crippen LogP) is 2.85. The van der Waals surface area contributed by atoms with E-state index in [1.807, 2.05) is 12.4 Å². The molecule has 0 aliphatic heterocycles. The fraction of sp³-hybridized carbons (Fsp3) is 0.733. The van der Waals surface area contributed by atoms with Crippen LogP contribution in [0.2, 0.25) is 0 Å². The molecule has 0 unspecified atom stereocenters. The molecule has 4 heteroatoms. The van der Waals surface area contributed by atoms with Gasteiger partial charge in [0.05, 0.1) is 18.1 Å². The predicted molar refractivity (Wildman–Crippen MR) is 81.3 cm³/mol. The molecule has 1 rings (SSSR count). The van der Waals surface area contributed by atoms with Crippen molar-refractivity contribution in [3.8, 4) is 0 Å². The zero-order chi connectivity index (χ0) is 14.4. The Morgan fingerprint density at radius 3 is 2.16 bits per heavy atom. The first kappa shape index (κ1) is 15.9. The first-order valence-corrected chi connectivity index (χ1v) is 7.21. The van der Waals surface area contributed by atoms with Gasteiger partial charge in [0.25, 0.3) is 0 Å². The first-order chi connectivity index (χ1) is 8.90. The summed E-state index contributed by atoms with van der Waals surface area (Å²) in [5.74, 6) is 1.59. The van der Waals surface area contributed by atoms with E-state index in [0.717, 1.165) is 24.6 Å². The van der Waals surface area contributed by atoms with Gasteiger partial charge in [-0.05, 0) is 19.8 Å². The summed E-state index contributed by atoms with van der Waals surface area (Å²) >= 11 is 0. The van der Waals surface area contributed by atoms with Gasteiger partial charge in [0, 0.05) is 25.2 Å². The second-order valence-electron chi connectivity index (χ2n) is 6.04. The number of aromatic nitrogens is 2. The van der Waals surface area contributed by atoms with E-state index in [1.165, 1.54) is 0 Å². The smallest absolute Gasteiger partial charge is 0.147 e. The minimum atomic E-state index is 0.441. The molecule has 0 bridgehead atoms. The van der Waals surface area contributed by atoms with Crippen LogP contribution in [-0.4, -0.2) is 28.6 Å². The third kappa shape index (κ3) is 5.55. The van der Waals surface area contributed by atoms with Gasteiger partial charge in [0.2, 0.25) is 0 Å². The molecule has 1 aromatic heterocycles. The highest BCUT2D eigenvalue weighted by molar-refractivity contribution is 5.36. The van der Waals surface area contributed by atoms with E-state index >= 15 is 0 Å². The Morgan fingerprint density at radius 2 is 1.74 bits per heavy atom. The molecule has 0 aliphatic carbocycles. The quantitative estimate of drug-likeness (QED) is 0.822. The topological polar surface area (TPSA) is 41.1 Å². The van der Waals surface area contributed by atoms with Crippen molar-refractivity contribution in [2.45, 2.75) is 60.2 Å². The van der Waals surface area contributed by atoms with Crippen LogP contribution in [-0.2, 0) is 6.54 Å². The lowest BCUT2D eigenvalue weighted by Crippen LogP contribution is -2.35. The van der Waals surface area contributed by atoms with Gasteiger partial charge in [-0.3, -0.25) is 4.98 Å². The molecule has 108 valence electrons. The molecular formula is C15H28N4. The van der Waals surface area contributed by atoms with Gasteiger partial charge in [0.15, 0.2) is 0 Å². The van der Waals surface area contributed by atoms with Crippen LogP contribution < -0.4 is 10.2 Å². The van der Waals surface area contributed by atoms with Gasteiger partial charge < -0.3 is 10.2 Å². The molecule has 1 N–H and O–H groups in total. The Balaban J connectivity index is 2.72. The average Bonchev–Trinajstić information content (AvgIpc) is 2.33. The van der Waals surface area contributed by atoms with E-state index in [1.54, 1.807) is 0 Å². The number of hydrogen-bond acceptors (Lipinski definition) is 4. The van der Waals surface area contributed by atoms with Crippen molar-refractivity contribution in [2.75, 3.05) is 11.4 Å². The summed E-state index contributed by atoms with van der Waals surface area (Å²) in [6.07, 6.45) is 3.76. The largest absolute Gasteiger partial charge is 0.353 e. The van der Waals surface area contributed by atoms with E-state index in [9.17, 15) is 0 Å². The molecule has 0 aliphatic rings. The molecule has 0 aromatic carbocycles. The van der Waals surface area contributed by atoms with Gasteiger partial charge in [-0.15, -0.1) is 0 Å². The Labute approximate surface area is 117 Å². The van der Waals surface area contributed by atoms with Crippen molar-refractivity contribution in [1.82, 2.24) is 15.3 Å². The minimum absolute atomic E-state index is 0.441. The van der Waals surface area contributed by atoms with E-state index in [4.69, 9.17) is 0 Å². The fourth-order valence-corrected chi connectivity index (χ4v) is 1.86. The summed E-state index contributed by atoms with van der Waals surface area (Å²) in [5.41, 5.74) is 0.991. The van der Waals surface area contributed by atoms with Crippen LogP contribution >= 0.6 is 0 Å². The second kappa shape index (κ2) is 7.43. The van der Waals surface area contributed by atoms with E-state index in [-0.39, 0.29) is 0 Å². The molecule has 1 aromatic rings. The van der Waals surface area contributed by atoms with Gasteiger partial charge in [-0.2, -0.15) is 0 Å². The maximum Gasteiger partial charge on any atom is 0.147 e. The third-order valence-corrected chi connectivity index (χ3v) is 2.86. The van der Waals surface area contributed by atoms with Crippen molar-refractivity contribution in [3.05, 3.63) is 18.1 Å². The molecule has 1 heterocycles. The number of nitrogens with one attached hydrogen (secondary N) is 1. The Kier molecular flexibility index (Phi) is 6.22. The second-order valence-corrected chi connectivity index (χ2v) is 6.04. The average molecular weight is 264 g/mol. The lowest BCUT2D eigenvalue weighted by molar-refractivity contribution is 0.562. The summed E-state index contributed by atoms with van der Waals surface area (Å²) in [4.78, 5) is 11.4. The molecule has 0 saturated heterocycles. The SMILES string of the molecule is CC(C)CN(c1cnc(CNC(C)C)cn1)C(C)C. The Bertz CT molecular complexity index is 357. The third-order valence-electron chi connectivity index (χ3n) is 2.86. The van der Waals surface area contributed by atoms with E-state index < -0.39 is 0 Å². The molecule has 0 atom stereocenters. The number of rotatable bonds is 7. The summed E-state index contributed by atoms with van der Waals surface area (Å²) < 4.78 is 0. The number of hydrogen-bond donors (Lipinski definition) is 1. The van der Waals surface area contributed by atoms with Gasteiger partial charge >= 0.3 is 0 Å². The molecular weight excluding hydrogens is 236 g/mol. The molecule has 0 saturated carbocycles. The highest BCUT2D eigenvalue weighted by atomic mass is 15.2. The standard InChI is InChI=1S/C15H28N4/c1-11(2)10-19(13(5)6)15-9-17-14(8-18-15)7-16-12(3)4/h8-9,11-13,16H,7,10H2,1-6H3.